The largest absolute Gasteiger partial charge is 0.494 e. The molecule has 6 heteroatoms. The van der Waals surface area contributed by atoms with Gasteiger partial charge in [-0.25, -0.2) is 0 Å². The smallest absolute Gasteiger partial charge is 0.480 e. The molecule has 1 atom stereocenters. The minimum absolute atomic E-state index is 0.280. The summed E-state index contributed by atoms with van der Waals surface area (Å²) in [6, 6.07) is 6.63. The van der Waals surface area contributed by atoms with Crippen LogP contribution in [0.3, 0.4) is 0 Å². The summed E-state index contributed by atoms with van der Waals surface area (Å²) in [6.45, 7) is 7.99. The van der Waals surface area contributed by atoms with Gasteiger partial charge in [0.15, 0.2) is 0 Å². The summed E-state index contributed by atoms with van der Waals surface area (Å²) in [5, 5.41) is 8.89. The van der Waals surface area contributed by atoms with Crippen LogP contribution < -0.4 is 11.2 Å². The molecule has 1 aromatic rings. The Bertz CT molecular complexity index is 528. The number of carboxylic acid groups (broad SMARTS) is 1. The first-order valence-electron chi connectivity index (χ1n) is 7.05. The van der Waals surface area contributed by atoms with Crippen LogP contribution in [-0.4, -0.2) is 35.4 Å². The highest BCUT2D eigenvalue weighted by Crippen LogP contribution is 2.36. The van der Waals surface area contributed by atoms with Gasteiger partial charge in [-0.05, 0) is 45.1 Å². The predicted molar refractivity (Wildman–Crippen MR) is 81.5 cm³/mol. The number of hydrogen-bond donors (Lipinski definition) is 2. The van der Waals surface area contributed by atoms with E-state index in [-0.39, 0.29) is 6.42 Å². The highest BCUT2D eigenvalue weighted by molar-refractivity contribution is 6.62. The Balaban J connectivity index is 2.17. The highest BCUT2D eigenvalue weighted by atomic mass is 16.7. The van der Waals surface area contributed by atoms with Crippen LogP contribution in [0.4, 0.5) is 0 Å². The summed E-state index contributed by atoms with van der Waals surface area (Å²) in [5.41, 5.74) is 6.52. The zero-order valence-corrected chi connectivity index (χ0v) is 12.9. The molecule has 1 heterocycles. The van der Waals surface area contributed by atoms with Crippen molar-refractivity contribution in [1.29, 1.82) is 0 Å². The van der Waals surface area contributed by atoms with Crippen LogP contribution in [0.1, 0.15) is 33.3 Å². The first-order valence-corrected chi connectivity index (χ1v) is 7.05. The lowest BCUT2D eigenvalue weighted by Gasteiger charge is -2.32. The molecule has 0 unspecified atom stereocenters. The summed E-state index contributed by atoms with van der Waals surface area (Å²) in [7, 11) is -0.448. The second-order valence-electron chi connectivity index (χ2n) is 6.48. The molecule has 1 aromatic carbocycles. The lowest BCUT2D eigenvalue weighted by atomic mass is 9.78. The minimum Gasteiger partial charge on any atom is -0.480 e. The Labute approximate surface area is 125 Å². The summed E-state index contributed by atoms with van der Waals surface area (Å²) < 4.78 is 12.0. The van der Waals surface area contributed by atoms with E-state index in [9.17, 15) is 4.79 Å². The molecule has 5 nitrogen and oxygen atoms in total. The average Bonchev–Trinajstić information content (AvgIpc) is 2.58. The molecule has 1 aliphatic heterocycles. The maximum atomic E-state index is 10.8. The number of hydrogen-bond acceptors (Lipinski definition) is 4. The Morgan fingerprint density at radius 3 is 2.38 bits per heavy atom. The van der Waals surface area contributed by atoms with Crippen molar-refractivity contribution in [3.63, 3.8) is 0 Å². The van der Waals surface area contributed by atoms with Gasteiger partial charge in [0.25, 0.3) is 0 Å². The molecule has 114 valence electrons. The maximum Gasteiger partial charge on any atom is 0.494 e. The molecular formula is C15H22BNO4. The second-order valence-corrected chi connectivity index (χ2v) is 6.48. The molecule has 0 aromatic heterocycles. The quantitative estimate of drug-likeness (QED) is 0.807. The fraction of sp³-hybridized carbons (Fsp3) is 0.533. The van der Waals surface area contributed by atoms with Gasteiger partial charge in [0.1, 0.15) is 6.04 Å². The van der Waals surface area contributed by atoms with Crippen molar-refractivity contribution < 1.29 is 19.2 Å². The fourth-order valence-corrected chi connectivity index (χ4v) is 2.19. The third-order valence-electron chi connectivity index (χ3n) is 4.25. The first kappa shape index (κ1) is 16.0. The molecule has 0 bridgehead atoms. The highest BCUT2D eigenvalue weighted by Gasteiger charge is 2.51. The lowest BCUT2D eigenvalue weighted by molar-refractivity contribution is -0.138. The molecule has 0 amide bonds. The topological polar surface area (TPSA) is 81.8 Å². The van der Waals surface area contributed by atoms with Gasteiger partial charge >= 0.3 is 13.1 Å². The van der Waals surface area contributed by atoms with E-state index in [1.54, 1.807) is 0 Å². The predicted octanol–water partition coefficient (Wildman–Crippen LogP) is 0.940. The lowest BCUT2D eigenvalue weighted by Crippen LogP contribution is -2.41. The van der Waals surface area contributed by atoms with Gasteiger partial charge in [0.2, 0.25) is 0 Å². The van der Waals surface area contributed by atoms with Crippen molar-refractivity contribution in [3.8, 4) is 0 Å². The molecule has 1 fully saturated rings. The van der Waals surface area contributed by atoms with Gasteiger partial charge < -0.3 is 20.1 Å². The van der Waals surface area contributed by atoms with Crippen LogP contribution in [0.5, 0.6) is 0 Å². The van der Waals surface area contributed by atoms with Crippen LogP contribution in [0.2, 0.25) is 0 Å². The van der Waals surface area contributed by atoms with E-state index >= 15 is 0 Å². The molecule has 1 aliphatic rings. The van der Waals surface area contributed by atoms with Crippen molar-refractivity contribution in [2.45, 2.75) is 51.4 Å². The fourth-order valence-electron chi connectivity index (χ4n) is 2.19. The molecule has 2 rings (SSSR count). The summed E-state index contributed by atoms with van der Waals surface area (Å²) in [6.07, 6.45) is 0.280. The molecular weight excluding hydrogens is 269 g/mol. The van der Waals surface area contributed by atoms with Gasteiger partial charge in [-0.1, -0.05) is 24.3 Å². The maximum absolute atomic E-state index is 10.8. The van der Waals surface area contributed by atoms with Crippen LogP contribution in [0.15, 0.2) is 24.3 Å². The van der Waals surface area contributed by atoms with Gasteiger partial charge in [-0.15, -0.1) is 0 Å². The molecule has 3 N–H and O–H groups in total. The van der Waals surface area contributed by atoms with Gasteiger partial charge in [0.05, 0.1) is 11.2 Å². The van der Waals surface area contributed by atoms with Crippen LogP contribution in [0.25, 0.3) is 0 Å². The Kier molecular flexibility index (Phi) is 4.15. The number of rotatable bonds is 4. The molecule has 0 radical (unpaired) electrons. The van der Waals surface area contributed by atoms with E-state index in [2.05, 4.69) is 0 Å². The normalized spacial score (nSPS) is 21.3. The minimum atomic E-state index is -1.00. The van der Waals surface area contributed by atoms with Crippen molar-refractivity contribution in [1.82, 2.24) is 0 Å². The van der Waals surface area contributed by atoms with E-state index < -0.39 is 30.3 Å². The molecule has 21 heavy (non-hydrogen) atoms. The number of benzene rings is 1. The van der Waals surface area contributed by atoms with Crippen molar-refractivity contribution in [3.05, 3.63) is 29.8 Å². The molecule has 0 saturated carbocycles. The van der Waals surface area contributed by atoms with Gasteiger partial charge in [-0.3, -0.25) is 4.79 Å². The van der Waals surface area contributed by atoms with Crippen molar-refractivity contribution in [2.24, 2.45) is 5.73 Å². The molecule has 0 aliphatic carbocycles. The van der Waals surface area contributed by atoms with Crippen molar-refractivity contribution >= 4 is 18.6 Å². The molecule has 1 saturated heterocycles. The standard InChI is InChI=1S/C15H22BNO4/c1-14(2)15(3,4)21-16(20-14)11-7-5-6-10(8-11)9-12(17)13(18)19/h5-8,12H,9,17H2,1-4H3,(H,18,19)/t12-/m0/s1. The summed E-state index contributed by atoms with van der Waals surface area (Å²) in [5.74, 6) is -1.00. The van der Waals surface area contributed by atoms with E-state index in [0.29, 0.717) is 0 Å². The van der Waals surface area contributed by atoms with Gasteiger partial charge in [-0.2, -0.15) is 0 Å². The number of nitrogens with two attached hydrogens (primary N) is 1. The van der Waals surface area contributed by atoms with Crippen LogP contribution in [-0.2, 0) is 20.5 Å². The van der Waals surface area contributed by atoms with Crippen LogP contribution >= 0.6 is 0 Å². The summed E-state index contributed by atoms with van der Waals surface area (Å²) >= 11 is 0. The monoisotopic (exact) mass is 291 g/mol. The van der Waals surface area contributed by atoms with E-state index in [1.165, 1.54) is 0 Å². The molecule has 0 spiro atoms. The summed E-state index contributed by atoms with van der Waals surface area (Å²) in [4.78, 5) is 10.8. The Morgan fingerprint density at radius 2 is 1.86 bits per heavy atom. The number of carbonyl (C=O) groups is 1. The first-order chi connectivity index (χ1) is 9.62. The van der Waals surface area contributed by atoms with Crippen molar-refractivity contribution in [2.75, 3.05) is 0 Å². The Hall–Kier alpha value is -1.37. The van der Waals surface area contributed by atoms with E-state index in [4.69, 9.17) is 20.1 Å². The Morgan fingerprint density at radius 1 is 1.29 bits per heavy atom. The van der Waals surface area contributed by atoms with E-state index in [1.807, 2.05) is 52.0 Å². The third kappa shape index (κ3) is 3.28. The van der Waals surface area contributed by atoms with Crippen LogP contribution in [0, 0.1) is 0 Å². The number of aliphatic carboxylic acids is 1. The third-order valence-corrected chi connectivity index (χ3v) is 4.25. The van der Waals surface area contributed by atoms with E-state index in [0.717, 1.165) is 11.0 Å². The van der Waals surface area contributed by atoms with Gasteiger partial charge in [0, 0.05) is 0 Å². The second kappa shape index (κ2) is 5.44. The average molecular weight is 291 g/mol. The SMILES string of the molecule is CC1(C)OB(c2cccc(C[C@H](N)C(=O)O)c2)OC1(C)C. The zero-order valence-electron chi connectivity index (χ0n) is 12.9. The zero-order chi connectivity index (χ0) is 15.8. The number of carboxylic acids is 1.